The van der Waals surface area contributed by atoms with Crippen molar-refractivity contribution in [2.45, 2.75) is 12.8 Å². The highest BCUT2D eigenvalue weighted by Gasteiger charge is 2.25. The lowest BCUT2D eigenvalue weighted by Gasteiger charge is -2.32. The number of nitrogens with zero attached hydrogens (tertiary/aromatic N) is 3. The lowest BCUT2D eigenvalue weighted by molar-refractivity contribution is 0.0669. The van der Waals surface area contributed by atoms with Crippen molar-refractivity contribution in [3.63, 3.8) is 0 Å². The molecule has 1 unspecified atom stereocenters. The number of aromatic nitrogens is 2. The van der Waals surface area contributed by atoms with Gasteiger partial charge in [-0.05, 0) is 32.4 Å². The number of rotatable bonds is 3. The van der Waals surface area contributed by atoms with Gasteiger partial charge in [0.15, 0.2) is 5.69 Å². The Morgan fingerprint density at radius 3 is 3.18 bits per heavy atom. The van der Waals surface area contributed by atoms with E-state index in [-0.39, 0.29) is 18.3 Å². The topological polar surface area (TPSA) is 58.1 Å². The Bertz CT molecular complexity index is 344. The maximum absolute atomic E-state index is 12.0. The summed E-state index contributed by atoms with van der Waals surface area (Å²) >= 11 is 1.08. The molecule has 1 N–H and O–H groups in total. The van der Waals surface area contributed by atoms with E-state index in [0.29, 0.717) is 11.6 Å². The van der Waals surface area contributed by atoms with Crippen LogP contribution in [0.4, 0.5) is 0 Å². The SMILES string of the molecule is CNCC1CCCN(C(=O)c2cnsn2)C1.Cl. The maximum Gasteiger partial charge on any atom is 0.275 e. The normalized spacial score (nSPS) is 19.8. The molecule has 0 spiro atoms. The Morgan fingerprint density at radius 1 is 1.71 bits per heavy atom. The average Bonchev–Trinajstić information content (AvgIpc) is 2.82. The minimum atomic E-state index is 0. The first kappa shape index (κ1) is 14.3. The maximum atomic E-state index is 12.0. The van der Waals surface area contributed by atoms with Gasteiger partial charge in [-0.2, -0.15) is 8.75 Å². The van der Waals surface area contributed by atoms with Crippen LogP contribution < -0.4 is 5.32 Å². The van der Waals surface area contributed by atoms with Gasteiger partial charge in [0.25, 0.3) is 5.91 Å². The van der Waals surface area contributed by atoms with Crippen LogP contribution in [0, 0.1) is 5.92 Å². The minimum absolute atomic E-state index is 0. The molecule has 5 nitrogen and oxygen atoms in total. The largest absolute Gasteiger partial charge is 0.337 e. The third-order valence-corrected chi connectivity index (χ3v) is 3.36. The molecular formula is C10H17ClN4OS. The van der Waals surface area contributed by atoms with Gasteiger partial charge in [-0.15, -0.1) is 12.4 Å². The van der Waals surface area contributed by atoms with E-state index in [4.69, 9.17) is 0 Å². The molecule has 96 valence electrons. The molecule has 7 heteroatoms. The zero-order valence-corrected chi connectivity index (χ0v) is 11.4. The van der Waals surface area contributed by atoms with Crippen LogP contribution in [0.25, 0.3) is 0 Å². The van der Waals surface area contributed by atoms with Crippen LogP contribution in [-0.2, 0) is 0 Å². The van der Waals surface area contributed by atoms with E-state index in [2.05, 4.69) is 14.1 Å². The van der Waals surface area contributed by atoms with Gasteiger partial charge in [0, 0.05) is 13.1 Å². The van der Waals surface area contributed by atoms with Crippen molar-refractivity contribution in [3.8, 4) is 0 Å². The second-order valence-corrected chi connectivity index (χ2v) is 4.67. The molecule has 1 fully saturated rings. The van der Waals surface area contributed by atoms with E-state index in [0.717, 1.165) is 37.8 Å². The van der Waals surface area contributed by atoms with Crippen LogP contribution >= 0.6 is 24.1 Å². The Kier molecular flexibility index (Phi) is 5.80. The van der Waals surface area contributed by atoms with E-state index in [1.807, 2.05) is 11.9 Å². The van der Waals surface area contributed by atoms with Crippen molar-refractivity contribution in [2.75, 3.05) is 26.7 Å². The van der Waals surface area contributed by atoms with Crippen LogP contribution in [0.1, 0.15) is 23.3 Å². The molecule has 1 aliphatic heterocycles. The molecule has 1 atom stereocenters. The first-order valence-electron chi connectivity index (χ1n) is 5.52. The number of hydrogen-bond acceptors (Lipinski definition) is 5. The van der Waals surface area contributed by atoms with E-state index < -0.39 is 0 Å². The Labute approximate surface area is 111 Å². The van der Waals surface area contributed by atoms with Crippen molar-refractivity contribution in [1.82, 2.24) is 19.0 Å². The van der Waals surface area contributed by atoms with E-state index >= 15 is 0 Å². The highest BCUT2D eigenvalue weighted by molar-refractivity contribution is 6.99. The lowest BCUT2D eigenvalue weighted by atomic mass is 9.98. The Morgan fingerprint density at radius 2 is 2.53 bits per heavy atom. The third-order valence-electron chi connectivity index (χ3n) is 2.88. The zero-order chi connectivity index (χ0) is 11.4. The van der Waals surface area contributed by atoms with Crippen molar-refractivity contribution >= 4 is 30.0 Å². The second-order valence-electron chi connectivity index (χ2n) is 4.11. The van der Waals surface area contributed by atoms with Crippen LogP contribution in [0.3, 0.4) is 0 Å². The molecule has 2 rings (SSSR count). The number of likely N-dealkylation sites (tertiary alicyclic amines) is 1. The zero-order valence-electron chi connectivity index (χ0n) is 9.76. The van der Waals surface area contributed by atoms with Gasteiger partial charge >= 0.3 is 0 Å². The van der Waals surface area contributed by atoms with Crippen LogP contribution in [0.5, 0.6) is 0 Å². The van der Waals surface area contributed by atoms with Gasteiger partial charge < -0.3 is 10.2 Å². The number of hydrogen-bond donors (Lipinski definition) is 1. The Hall–Kier alpha value is -0.720. The summed E-state index contributed by atoms with van der Waals surface area (Å²) in [5.74, 6) is 0.587. The first-order chi connectivity index (χ1) is 7.81. The number of amides is 1. The Balaban J connectivity index is 0.00000144. The molecule has 1 aromatic rings. The molecule has 0 radical (unpaired) electrons. The molecule has 0 aliphatic carbocycles. The highest BCUT2D eigenvalue weighted by atomic mass is 35.5. The highest BCUT2D eigenvalue weighted by Crippen LogP contribution is 2.17. The molecule has 0 aromatic carbocycles. The summed E-state index contributed by atoms with van der Waals surface area (Å²) in [4.78, 5) is 13.9. The smallest absolute Gasteiger partial charge is 0.275 e. The summed E-state index contributed by atoms with van der Waals surface area (Å²) < 4.78 is 7.85. The number of piperidine rings is 1. The molecule has 0 bridgehead atoms. The van der Waals surface area contributed by atoms with Gasteiger partial charge in [0.1, 0.15) is 0 Å². The molecule has 1 aromatic heterocycles. The molecule has 2 heterocycles. The van der Waals surface area contributed by atoms with E-state index in [9.17, 15) is 4.79 Å². The lowest BCUT2D eigenvalue weighted by Crippen LogP contribution is -2.42. The summed E-state index contributed by atoms with van der Waals surface area (Å²) in [7, 11) is 1.95. The number of carbonyl (C=O) groups excluding carboxylic acids is 1. The van der Waals surface area contributed by atoms with Crippen molar-refractivity contribution in [2.24, 2.45) is 5.92 Å². The predicted octanol–water partition coefficient (Wildman–Crippen LogP) is 1.03. The van der Waals surface area contributed by atoms with Crippen molar-refractivity contribution < 1.29 is 4.79 Å². The first-order valence-corrected chi connectivity index (χ1v) is 6.25. The molecular weight excluding hydrogens is 260 g/mol. The van der Waals surface area contributed by atoms with Crippen LogP contribution in [-0.4, -0.2) is 46.2 Å². The summed E-state index contributed by atoms with van der Waals surface area (Å²) in [5, 5.41) is 3.17. The second kappa shape index (κ2) is 6.88. The van der Waals surface area contributed by atoms with Crippen LogP contribution in [0.15, 0.2) is 6.20 Å². The predicted molar refractivity (Wildman–Crippen MR) is 69.7 cm³/mol. The van der Waals surface area contributed by atoms with Gasteiger partial charge in [-0.1, -0.05) is 0 Å². The monoisotopic (exact) mass is 276 g/mol. The van der Waals surface area contributed by atoms with Crippen molar-refractivity contribution in [1.29, 1.82) is 0 Å². The summed E-state index contributed by atoms with van der Waals surface area (Å²) in [6.07, 6.45) is 3.82. The fraction of sp³-hybridized carbons (Fsp3) is 0.700. The quantitative estimate of drug-likeness (QED) is 0.896. The number of nitrogens with one attached hydrogen (secondary N) is 1. The van der Waals surface area contributed by atoms with Crippen molar-refractivity contribution in [3.05, 3.63) is 11.9 Å². The van der Waals surface area contributed by atoms with E-state index in [1.54, 1.807) is 6.20 Å². The average molecular weight is 277 g/mol. The summed E-state index contributed by atoms with van der Waals surface area (Å²) in [6.45, 7) is 2.65. The summed E-state index contributed by atoms with van der Waals surface area (Å²) in [6, 6.07) is 0. The minimum Gasteiger partial charge on any atom is -0.337 e. The van der Waals surface area contributed by atoms with Gasteiger partial charge in [0.2, 0.25) is 0 Å². The number of carbonyl (C=O) groups is 1. The fourth-order valence-electron chi connectivity index (χ4n) is 2.13. The molecule has 1 amide bonds. The standard InChI is InChI=1S/C10H16N4OS.ClH/c1-11-5-8-3-2-4-14(7-8)10(15)9-6-12-16-13-9;/h6,8,11H,2-5,7H2,1H3;1H. The molecule has 1 aliphatic rings. The van der Waals surface area contributed by atoms with Gasteiger partial charge in [-0.25, -0.2) is 0 Å². The van der Waals surface area contributed by atoms with Gasteiger partial charge in [-0.3, -0.25) is 4.79 Å². The molecule has 1 saturated heterocycles. The molecule has 17 heavy (non-hydrogen) atoms. The number of halogens is 1. The summed E-state index contributed by atoms with van der Waals surface area (Å²) in [5.41, 5.74) is 0.482. The van der Waals surface area contributed by atoms with Crippen LogP contribution in [0.2, 0.25) is 0 Å². The third kappa shape index (κ3) is 3.62. The van der Waals surface area contributed by atoms with Gasteiger partial charge in [0.05, 0.1) is 17.9 Å². The van der Waals surface area contributed by atoms with E-state index in [1.165, 1.54) is 6.42 Å². The fourth-order valence-corrected chi connectivity index (χ4v) is 2.53. The molecule has 0 saturated carbocycles.